The predicted molar refractivity (Wildman–Crippen MR) is 80.7 cm³/mol. The first-order chi connectivity index (χ1) is 9.43. The number of amides is 1. The number of benzene rings is 1. The van der Waals surface area contributed by atoms with E-state index in [1.54, 1.807) is 16.7 Å². The summed E-state index contributed by atoms with van der Waals surface area (Å²) >= 11 is 1.58. The number of aliphatic hydroxyl groups is 2. The normalized spacial score (nSPS) is 20.6. The number of aliphatic hydroxyl groups excluding tert-OH is 2. The van der Waals surface area contributed by atoms with E-state index < -0.39 is 6.10 Å². The molecule has 110 valence electrons. The number of hydrogen-bond donors (Lipinski definition) is 2. The molecule has 1 amide bonds. The van der Waals surface area contributed by atoms with Crippen LogP contribution in [0.3, 0.4) is 0 Å². The quantitative estimate of drug-likeness (QED) is 0.884. The highest BCUT2D eigenvalue weighted by Gasteiger charge is 2.35. The second kappa shape index (κ2) is 6.16. The maximum Gasteiger partial charge on any atom is 0.233 e. The molecule has 0 aliphatic carbocycles. The number of hydrogen-bond acceptors (Lipinski definition) is 4. The van der Waals surface area contributed by atoms with Crippen molar-refractivity contribution in [3.8, 4) is 0 Å². The van der Waals surface area contributed by atoms with E-state index in [1.165, 1.54) is 5.56 Å². The fraction of sp³-hybridized carbons (Fsp3) is 0.533. The van der Waals surface area contributed by atoms with Crippen molar-refractivity contribution < 1.29 is 15.0 Å². The van der Waals surface area contributed by atoms with E-state index in [-0.39, 0.29) is 24.4 Å². The number of aryl methyl sites for hydroxylation is 3. The van der Waals surface area contributed by atoms with Crippen molar-refractivity contribution in [1.29, 1.82) is 0 Å². The van der Waals surface area contributed by atoms with Crippen LogP contribution in [-0.2, 0) is 4.79 Å². The molecule has 1 aromatic carbocycles. The molecule has 0 bridgehead atoms. The minimum atomic E-state index is -0.883. The second-order valence-electron chi connectivity index (χ2n) is 5.36. The average Bonchev–Trinajstić information content (AvgIpc) is 2.70. The molecule has 1 saturated heterocycles. The summed E-state index contributed by atoms with van der Waals surface area (Å²) in [6.45, 7) is 6.02. The van der Waals surface area contributed by atoms with Gasteiger partial charge in [0.2, 0.25) is 5.91 Å². The number of thioether (sulfide) groups is 1. The molecule has 1 aliphatic rings. The van der Waals surface area contributed by atoms with Crippen LogP contribution in [0.25, 0.3) is 0 Å². The first-order valence-corrected chi connectivity index (χ1v) is 7.76. The molecule has 2 atom stereocenters. The van der Waals surface area contributed by atoms with Gasteiger partial charge in [-0.15, -0.1) is 11.8 Å². The number of carbonyl (C=O) groups is 1. The number of rotatable bonds is 4. The number of nitrogens with zero attached hydrogens (tertiary/aromatic N) is 1. The van der Waals surface area contributed by atoms with Crippen LogP contribution in [-0.4, -0.2) is 46.0 Å². The maximum atomic E-state index is 12.0. The molecule has 0 saturated carbocycles. The lowest BCUT2D eigenvalue weighted by molar-refractivity contribution is -0.129. The van der Waals surface area contributed by atoms with Crippen molar-refractivity contribution in [1.82, 2.24) is 4.90 Å². The largest absolute Gasteiger partial charge is 0.394 e. The molecule has 20 heavy (non-hydrogen) atoms. The zero-order valence-corrected chi connectivity index (χ0v) is 12.9. The zero-order valence-electron chi connectivity index (χ0n) is 12.1. The van der Waals surface area contributed by atoms with Gasteiger partial charge in [-0.2, -0.15) is 0 Å². The molecule has 0 spiro atoms. The van der Waals surface area contributed by atoms with E-state index in [2.05, 4.69) is 32.9 Å². The molecule has 2 rings (SSSR count). The Morgan fingerprint density at radius 1 is 1.35 bits per heavy atom. The molecular formula is C15H21NO3S. The summed E-state index contributed by atoms with van der Waals surface area (Å²) < 4.78 is 0. The lowest BCUT2D eigenvalue weighted by atomic mass is 9.99. The van der Waals surface area contributed by atoms with Crippen molar-refractivity contribution in [2.75, 3.05) is 18.9 Å². The molecule has 4 nitrogen and oxygen atoms in total. The standard InChI is InChI=1S/C15H21NO3S/c1-9-4-10(2)14(11(3)5-9)15-16(6-12(18)7-17)13(19)8-20-15/h4-5,12,15,17-18H,6-8H2,1-3H3/t12-,15?/m0/s1. The molecule has 0 radical (unpaired) electrons. The van der Waals surface area contributed by atoms with E-state index >= 15 is 0 Å². The lowest BCUT2D eigenvalue weighted by Gasteiger charge is -2.28. The maximum absolute atomic E-state index is 12.0. The average molecular weight is 295 g/mol. The van der Waals surface area contributed by atoms with E-state index in [9.17, 15) is 9.90 Å². The molecule has 2 N–H and O–H groups in total. The molecule has 1 fully saturated rings. The Balaban J connectivity index is 2.33. The van der Waals surface area contributed by atoms with Gasteiger partial charge >= 0.3 is 0 Å². The molecule has 1 aliphatic heterocycles. The van der Waals surface area contributed by atoms with Gasteiger partial charge in [0.25, 0.3) is 0 Å². The van der Waals surface area contributed by atoms with Crippen molar-refractivity contribution >= 4 is 17.7 Å². The van der Waals surface area contributed by atoms with Crippen LogP contribution in [0.2, 0.25) is 0 Å². The van der Waals surface area contributed by atoms with Crippen LogP contribution in [0, 0.1) is 20.8 Å². The summed E-state index contributed by atoms with van der Waals surface area (Å²) in [5.74, 6) is 0.446. The Morgan fingerprint density at radius 2 is 1.95 bits per heavy atom. The SMILES string of the molecule is Cc1cc(C)c(C2SCC(=O)N2C[C@H](O)CO)c(C)c1. The number of carbonyl (C=O) groups excluding carboxylic acids is 1. The fourth-order valence-corrected chi connectivity index (χ4v) is 4.14. The summed E-state index contributed by atoms with van der Waals surface area (Å²) in [6, 6.07) is 4.23. The smallest absolute Gasteiger partial charge is 0.233 e. The molecule has 0 aromatic heterocycles. The van der Waals surface area contributed by atoms with Crippen LogP contribution >= 0.6 is 11.8 Å². The van der Waals surface area contributed by atoms with Crippen LogP contribution in [0.15, 0.2) is 12.1 Å². The summed E-state index contributed by atoms with van der Waals surface area (Å²) in [6.07, 6.45) is -0.883. The highest BCUT2D eigenvalue weighted by atomic mass is 32.2. The van der Waals surface area contributed by atoms with Crippen molar-refractivity contribution in [2.45, 2.75) is 32.2 Å². The Hall–Kier alpha value is -1.04. The van der Waals surface area contributed by atoms with Gasteiger partial charge in [0.1, 0.15) is 5.37 Å². The monoisotopic (exact) mass is 295 g/mol. The van der Waals surface area contributed by atoms with Gasteiger partial charge in [0.05, 0.1) is 25.0 Å². The van der Waals surface area contributed by atoms with Gasteiger partial charge in [-0.05, 0) is 37.5 Å². The fourth-order valence-electron chi connectivity index (χ4n) is 2.76. The minimum absolute atomic E-state index is 0.0203. The Kier molecular flexibility index (Phi) is 4.73. The molecule has 5 heteroatoms. The predicted octanol–water partition coefficient (Wildman–Crippen LogP) is 1.54. The van der Waals surface area contributed by atoms with Crippen LogP contribution in [0.4, 0.5) is 0 Å². The minimum Gasteiger partial charge on any atom is -0.394 e. The van der Waals surface area contributed by atoms with Gasteiger partial charge in [0, 0.05) is 0 Å². The number of β-amino-alcohol motifs (C(OH)–C–C–N with tert-alkyl or cyclic N) is 1. The topological polar surface area (TPSA) is 60.8 Å². The summed E-state index contributed by atoms with van der Waals surface area (Å²) in [5.41, 5.74) is 4.69. The summed E-state index contributed by atoms with van der Waals surface area (Å²) in [7, 11) is 0. The molecule has 1 heterocycles. The Labute approximate surface area is 123 Å². The third kappa shape index (κ3) is 3.00. The molecule has 1 aromatic rings. The first kappa shape index (κ1) is 15.4. The second-order valence-corrected chi connectivity index (χ2v) is 6.43. The third-order valence-electron chi connectivity index (χ3n) is 3.57. The molecule has 1 unspecified atom stereocenters. The lowest BCUT2D eigenvalue weighted by Crippen LogP contribution is -2.37. The van der Waals surface area contributed by atoms with Crippen LogP contribution in [0.1, 0.15) is 27.6 Å². The van der Waals surface area contributed by atoms with Crippen LogP contribution in [0.5, 0.6) is 0 Å². The summed E-state index contributed by atoms with van der Waals surface area (Å²) in [4.78, 5) is 13.7. The zero-order chi connectivity index (χ0) is 14.9. The first-order valence-electron chi connectivity index (χ1n) is 6.71. The third-order valence-corrected chi connectivity index (χ3v) is 4.79. The van der Waals surface area contributed by atoms with Gasteiger partial charge in [-0.25, -0.2) is 0 Å². The van der Waals surface area contributed by atoms with E-state index in [0.29, 0.717) is 5.75 Å². The summed E-state index contributed by atoms with van der Waals surface area (Å²) in [5, 5.41) is 18.6. The van der Waals surface area contributed by atoms with Gasteiger partial charge in [-0.1, -0.05) is 17.7 Å². The van der Waals surface area contributed by atoms with Crippen molar-refractivity contribution in [2.24, 2.45) is 0 Å². The van der Waals surface area contributed by atoms with E-state index in [1.807, 2.05) is 0 Å². The van der Waals surface area contributed by atoms with Gasteiger partial charge in [-0.3, -0.25) is 4.79 Å². The Bertz CT molecular complexity index is 495. The Morgan fingerprint density at radius 3 is 2.50 bits per heavy atom. The van der Waals surface area contributed by atoms with Gasteiger partial charge in [0.15, 0.2) is 0 Å². The highest BCUT2D eigenvalue weighted by Crippen LogP contribution is 2.41. The highest BCUT2D eigenvalue weighted by molar-refractivity contribution is 8.00. The van der Waals surface area contributed by atoms with E-state index in [0.717, 1.165) is 16.7 Å². The van der Waals surface area contributed by atoms with Crippen LogP contribution < -0.4 is 0 Å². The van der Waals surface area contributed by atoms with Crippen molar-refractivity contribution in [3.63, 3.8) is 0 Å². The van der Waals surface area contributed by atoms with Gasteiger partial charge < -0.3 is 15.1 Å². The van der Waals surface area contributed by atoms with Crippen molar-refractivity contribution in [3.05, 3.63) is 34.4 Å². The van der Waals surface area contributed by atoms with E-state index in [4.69, 9.17) is 5.11 Å². The molecular weight excluding hydrogens is 274 g/mol.